The molecular weight excluding hydrogens is 388 g/mol. The molecule has 0 saturated carbocycles. The van der Waals surface area contributed by atoms with Crippen LogP contribution >= 0.6 is 0 Å². The van der Waals surface area contributed by atoms with Gasteiger partial charge in [-0.25, -0.2) is 9.59 Å². The molecule has 30 heavy (non-hydrogen) atoms. The molecule has 0 fully saturated rings. The molecule has 8 nitrogen and oxygen atoms in total. The number of amides is 2. The minimum atomic E-state index is -1.33. The maximum atomic E-state index is 12.5. The van der Waals surface area contributed by atoms with Crippen molar-refractivity contribution < 1.29 is 29.3 Å². The summed E-state index contributed by atoms with van der Waals surface area (Å²) < 4.78 is 5.06. The molecule has 1 aromatic carbocycles. The Morgan fingerprint density at radius 1 is 1.10 bits per heavy atom. The van der Waals surface area contributed by atoms with Crippen LogP contribution in [0.1, 0.15) is 51.0 Å². The van der Waals surface area contributed by atoms with Gasteiger partial charge in [0.2, 0.25) is 5.91 Å². The first kappa shape index (κ1) is 25.2. The molecule has 4 N–H and O–H groups in total. The predicted molar refractivity (Wildman–Crippen MR) is 113 cm³/mol. The standard InChI is InChI=1S/C22H32N2O6/c1-3-4-5-6-7-11-14-18(21(27)28)23-20(26)19(16(2)25)24-22(29)30-15-17-12-9-8-10-13-17/h3,8-10,12-13,16,18-19,25H,1,4-7,11,14-15H2,2H3,(H,23,26)(H,24,29)(H,27,28)/t16-,18+,19+/m1/s1. The molecule has 0 aromatic heterocycles. The van der Waals surface area contributed by atoms with Gasteiger partial charge in [-0.3, -0.25) is 4.79 Å². The normalized spacial score (nSPS) is 13.5. The quantitative estimate of drug-likeness (QED) is 0.271. The smallest absolute Gasteiger partial charge is 0.408 e. The van der Waals surface area contributed by atoms with Crippen molar-refractivity contribution in [2.45, 2.75) is 70.2 Å². The van der Waals surface area contributed by atoms with Gasteiger partial charge in [-0.2, -0.15) is 0 Å². The molecule has 2 amide bonds. The molecule has 0 saturated heterocycles. The SMILES string of the molecule is C=CCCCCCC[C@H](NC(=O)[C@@H](NC(=O)OCc1ccccc1)[C@@H](C)O)C(=O)O. The number of hydrogen-bond acceptors (Lipinski definition) is 5. The molecule has 1 aromatic rings. The van der Waals surface area contributed by atoms with Gasteiger partial charge in [-0.15, -0.1) is 6.58 Å². The van der Waals surface area contributed by atoms with Crippen LogP contribution in [0, 0.1) is 0 Å². The molecule has 3 atom stereocenters. The van der Waals surface area contributed by atoms with E-state index in [1.54, 1.807) is 24.3 Å². The van der Waals surface area contributed by atoms with E-state index in [4.69, 9.17) is 4.74 Å². The first-order valence-corrected chi connectivity index (χ1v) is 10.1. The van der Waals surface area contributed by atoms with Crippen molar-refractivity contribution in [1.82, 2.24) is 10.6 Å². The van der Waals surface area contributed by atoms with Gasteiger partial charge in [0.1, 0.15) is 18.7 Å². The van der Waals surface area contributed by atoms with Crippen molar-refractivity contribution in [1.29, 1.82) is 0 Å². The van der Waals surface area contributed by atoms with Gasteiger partial charge in [0, 0.05) is 0 Å². The molecular formula is C22H32N2O6. The van der Waals surface area contributed by atoms with Crippen LogP contribution in [-0.4, -0.2) is 46.4 Å². The lowest BCUT2D eigenvalue weighted by atomic mass is 10.1. The largest absolute Gasteiger partial charge is 0.480 e. The minimum Gasteiger partial charge on any atom is -0.480 e. The lowest BCUT2D eigenvalue weighted by molar-refractivity contribution is -0.142. The summed E-state index contributed by atoms with van der Waals surface area (Å²) in [6.07, 6.45) is 4.34. The van der Waals surface area contributed by atoms with Crippen LogP contribution < -0.4 is 10.6 Å². The number of carboxylic acids is 1. The fourth-order valence-electron chi connectivity index (χ4n) is 2.81. The van der Waals surface area contributed by atoms with Crippen molar-refractivity contribution in [3.63, 3.8) is 0 Å². The first-order valence-electron chi connectivity index (χ1n) is 10.1. The summed E-state index contributed by atoms with van der Waals surface area (Å²) in [6, 6.07) is 6.56. The van der Waals surface area contributed by atoms with Gasteiger partial charge in [0.05, 0.1) is 6.10 Å². The summed E-state index contributed by atoms with van der Waals surface area (Å²) in [5.41, 5.74) is 0.768. The summed E-state index contributed by atoms with van der Waals surface area (Å²) in [4.78, 5) is 35.9. The van der Waals surface area contributed by atoms with Crippen LogP contribution in [-0.2, 0) is 20.9 Å². The average Bonchev–Trinajstić information content (AvgIpc) is 2.72. The van der Waals surface area contributed by atoms with Gasteiger partial charge in [-0.05, 0) is 31.7 Å². The van der Waals surface area contributed by atoms with Gasteiger partial charge in [-0.1, -0.05) is 55.7 Å². The van der Waals surface area contributed by atoms with E-state index < -0.39 is 36.2 Å². The number of carboxylic acid groups (broad SMARTS) is 1. The van der Waals surface area contributed by atoms with Crippen molar-refractivity contribution in [3.05, 3.63) is 48.6 Å². The molecule has 0 aliphatic carbocycles. The third-order valence-corrected chi connectivity index (χ3v) is 4.52. The van der Waals surface area contributed by atoms with Crippen LogP contribution in [0.2, 0.25) is 0 Å². The summed E-state index contributed by atoms with van der Waals surface area (Å²) in [6.45, 7) is 4.99. The zero-order valence-electron chi connectivity index (χ0n) is 17.4. The number of alkyl carbamates (subject to hydrolysis) is 1. The Labute approximate surface area is 177 Å². The fraction of sp³-hybridized carbons (Fsp3) is 0.500. The van der Waals surface area contributed by atoms with Gasteiger partial charge in [0.25, 0.3) is 0 Å². The Kier molecular flexibility index (Phi) is 11.9. The van der Waals surface area contributed by atoms with Crippen molar-refractivity contribution in [3.8, 4) is 0 Å². The zero-order valence-corrected chi connectivity index (χ0v) is 17.4. The lowest BCUT2D eigenvalue weighted by Crippen LogP contribution is -2.55. The number of aliphatic carboxylic acids is 1. The van der Waals surface area contributed by atoms with Crippen LogP contribution in [0.4, 0.5) is 4.79 Å². The first-order chi connectivity index (χ1) is 14.3. The van der Waals surface area contributed by atoms with E-state index in [0.717, 1.165) is 31.2 Å². The molecule has 8 heteroatoms. The maximum absolute atomic E-state index is 12.5. The van der Waals surface area contributed by atoms with Crippen LogP contribution in [0.3, 0.4) is 0 Å². The van der Waals surface area contributed by atoms with Crippen LogP contribution in [0.25, 0.3) is 0 Å². The average molecular weight is 421 g/mol. The molecule has 0 aliphatic heterocycles. The number of rotatable bonds is 14. The van der Waals surface area contributed by atoms with E-state index in [0.29, 0.717) is 6.42 Å². The number of carbonyl (C=O) groups is 3. The summed E-state index contributed by atoms with van der Waals surface area (Å²) >= 11 is 0. The van der Waals surface area contributed by atoms with Gasteiger partial charge >= 0.3 is 12.1 Å². The van der Waals surface area contributed by atoms with E-state index >= 15 is 0 Å². The fourth-order valence-corrected chi connectivity index (χ4v) is 2.81. The monoisotopic (exact) mass is 420 g/mol. The number of benzene rings is 1. The molecule has 0 heterocycles. The summed E-state index contributed by atoms with van der Waals surface area (Å²) in [5, 5.41) is 23.9. The Morgan fingerprint density at radius 2 is 1.77 bits per heavy atom. The van der Waals surface area contributed by atoms with Crippen molar-refractivity contribution in [2.24, 2.45) is 0 Å². The maximum Gasteiger partial charge on any atom is 0.408 e. The highest BCUT2D eigenvalue weighted by molar-refractivity contribution is 5.89. The second-order valence-corrected chi connectivity index (χ2v) is 7.10. The van der Waals surface area contributed by atoms with Crippen molar-refractivity contribution in [2.75, 3.05) is 0 Å². The topological polar surface area (TPSA) is 125 Å². The van der Waals surface area contributed by atoms with Crippen molar-refractivity contribution >= 4 is 18.0 Å². The predicted octanol–water partition coefficient (Wildman–Crippen LogP) is 2.76. The number of ether oxygens (including phenoxy) is 1. The Morgan fingerprint density at radius 3 is 2.37 bits per heavy atom. The Balaban J connectivity index is 2.53. The van der Waals surface area contributed by atoms with Gasteiger partial charge < -0.3 is 25.6 Å². The van der Waals surface area contributed by atoms with Crippen LogP contribution in [0.5, 0.6) is 0 Å². The number of hydrogen-bond donors (Lipinski definition) is 4. The molecule has 166 valence electrons. The van der Waals surface area contributed by atoms with E-state index in [-0.39, 0.29) is 13.0 Å². The number of unbranched alkanes of at least 4 members (excludes halogenated alkanes) is 4. The second-order valence-electron chi connectivity index (χ2n) is 7.10. The number of aliphatic hydroxyl groups is 1. The van der Waals surface area contributed by atoms with Gasteiger partial charge in [0.15, 0.2) is 0 Å². The molecule has 0 unspecified atom stereocenters. The lowest BCUT2D eigenvalue weighted by Gasteiger charge is -2.23. The molecule has 0 radical (unpaired) electrons. The molecule has 0 aliphatic rings. The minimum absolute atomic E-state index is 0.00439. The van der Waals surface area contributed by atoms with E-state index in [1.807, 2.05) is 12.1 Å². The molecule has 0 spiro atoms. The third kappa shape index (κ3) is 10.1. The number of carbonyl (C=O) groups excluding carboxylic acids is 2. The number of allylic oxidation sites excluding steroid dienone is 1. The van der Waals surface area contributed by atoms with E-state index in [2.05, 4.69) is 17.2 Å². The Hall–Kier alpha value is -2.87. The highest BCUT2D eigenvalue weighted by Gasteiger charge is 2.30. The van der Waals surface area contributed by atoms with E-state index in [1.165, 1.54) is 6.92 Å². The highest BCUT2D eigenvalue weighted by atomic mass is 16.5. The number of nitrogens with one attached hydrogen (secondary N) is 2. The number of aliphatic hydroxyl groups excluding tert-OH is 1. The second kappa shape index (κ2) is 14.2. The summed E-state index contributed by atoms with van der Waals surface area (Å²) in [7, 11) is 0. The highest BCUT2D eigenvalue weighted by Crippen LogP contribution is 2.09. The molecule has 0 bridgehead atoms. The van der Waals surface area contributed by atoms with Crippen LogP contribution in [0.15, 0.2) is 43.0 Å². The zero-order chi connectivity index (χ0) is 22.4. The molecule has 1 rings (SSSR count). The Bertz CT molecular complexity index is 677. The summed E-state index contributed by atoms with van der Waals surface area (Å²) in [5.74, 6) is -1.94. The van der Waals surface area contributed by atoms with E-state index in [9.17, 15) is 24.6 Å². The third-order valence-electron chi connectivity index (χ3n) is 4.52.